The van der Waals surface area contributed by atoms with Crippen LogP contribution in [-0.2, 0) is 34.2 Å². The quantitative estimate of drug-likeness (QED) is 0.596. The predicted octanol–water partition coefficient (Wildman–Crippen LogP) is 2.98. The lowest BCUT2D eigenvalue weighted by Gasteiger charge is -2.09. The van der Waals surface area contributed by atoms with Gasteiger partial charge in [-0.1, -0.05) is 0 Å². The van der Waals surface area contributed by atoms with Crippen molar-refractivity contribution in [3.63, 3.8) is 0 Å². The molecule has 2 heterocycles. The molecule has 2 aromatic heterocycles. The monoisotopic (exact) mass is 434 g/mol. The van der Waals surface area contributed by atoms with Gasteiger partial charge in [0.1, 0.15) is 21.3 Å². The number of hydrogen-bond donors (Lipinski definition) is 2. The van der Waals surface area contributed by atoms with E-state index in [-0.39, 0.29) is 23.3 Å². The summed E-state index contributed by atoms with van der Waals surface area (Å²) in [7, 11) is -2.09. The summed E-state index contributed by atoms with van der Waals surface area (Å²) < 4.78 is 37.6. The molecular weight excluding hydrogens is 412 g/mol. The fourth-order valence-corrected chi connectivity index (χ4v) is 5.55. The van der Waals surface area contributed by atoms with Gasteiger partial charge in [-0.3, -0.25) is 4.79 Å². The molecule has 29 heavy (non-hydrogen) atoms. The molecule has 0 atom stereocenters. The van der Waals surface area contributed by atoms with Gasteiger partial charge in [0.15, 0.2) is 6.61 Å². The van der Waals surface area contributed by atoms with Crippen LogP contribution in [0.1, 0.15) is 29.0 Å². The normalized spacial score (nSPS) is 14.0. The Morgan fingerprint density at radius 2 is 2.03 bits per heavy atom. The van der Waals surface area contributed by atoms with E-state index in [9.17, 15) is 13.2 Å². The highest BCUT2D eigenvalue weighted by Gasteiger charge is 2.18. The second-order valence-electron chi connectivity index (χ2n) is 6.86. The van der Waals surface area contributed by atoms with Crippen molar-refractivity contribution in [1.82, 2.24) is 10.0 Å². The van der Waals surface area contributed by atoms with Crippen LogP contribution in [0.5, 0.6) is 5.75 Å². The Labute approximate surface area is 173 Å². The van der Waals surface area contributed by atoms with Crippen molar-refractivity contribution < 1.29 is 22.4 Å². The van der Waals surface area contributed by atoms with Crippen molar-refractivity contribution in [2.24, 2.45) is 0 Å². The molecule has 9 heteroatoms. The SMILES string of the molecule is CNS(=O)(=O)c1ccc(CNC(=O)COc2ccc3oc4c(c3c2)CCCC4)s1. The smallest absolute Gasteiger partial charge is 0.258 e. The third-order valence-corrected chi connectivity index (χ3v) is 7.92. The number of amides is 1. The third kappa shape index (κ3) is 4.31. The van der Waals surface area contributed by atoms with Crippen LogP contribution in [0.25, 0.3) is 11.0 Å². The second kappa shape index (κ2) is 8.17. The lowest BCUT2D eigenvalue weighted by atomic mass is 9.96. The van der Waals surface area contributed by atoms with E-state index in [4.69, 9.17) is 9.15 Å². The van der Waals surface area contributed by atoms with Gasteiger partial charge < -0.3 is 14.5 Å². The molecule has 2 N–H and O–H groups in total. The molecule has 4 rings (SSSR count). The molecule has 1 aliphatic rings. The minimum absolute atomic E-state index is 0.113. The van der Waals surface area contributed by atoms with Gasteiger partial charge in [-0.05, 0) is 56.6 Å². The van der Waals surface area contributed by atoms with Crippen molar-refractivity contribution in [3.8, 4) is 5.75 Å². The van der Waals surface area contributed by atoms with Gasteiger partial charge in [0.25, 0.3) is 5.91 Å². The molecule has 0 bridgehead atoms. The molecular formula is C20H22N2O5S2. The average molecular weight is 435 g/mol. The average Bonchev–Trinajstić information content (AvgIpc) is 3.35. The Kier molecular flexibility index (Phi) is 5.62. The van der Waals surface area contributed by atoms with Crippen LogP contribution in [0.4, 0.5) is 0 Å². The van der Waals surface area contributed by atoms with Gasteiger partial charge in [0, 0.05) is 22.2 Å². The molecule has 3 aromatic rings. The Hall–Kier alpha value is -2.36. The van der Waals surface area contributed by atoms with Crippen LogP contribution in [0, 0.1) is 0 Å². The lowest BCUT2D eigenvalue weighted by Crippen LogP contribution is -2.28. The lowest BCUT2D eigenvalue weighted by molar-refractivity contribution is -0.123. The summed E-state index contributed by atoms with van der Waals surface area (Å²) in [5.74, 6) is 1.42. The van der Waals surface area contributed by atoms with E-state index in [1.54, 1.807) is 12.1 Å². The molecule has 7 nitrogen and oxygen atoms in total. The molecule has 0 saturated heterocycles. The van der Waals surface area contributed by atoms with E-state index in [2.05, 4.69) is 10.0 Å². The first-order chi connectivity index (χ1) is 14.0. The third-order valence-electron chi connectivity index (χ3n) is 4.93. The minimum atomic E-state index is -3.46. The first-order valence-electron chi connectivity index (χ1n) is 9.42. The standard InChI is InChI=1S/C20H22N2O5S2/c1-21-29(24,25)20-9-7-14(28-20)11-22-19(23)12-26-13-6-8-18-16(10-13)15-4-2-3-5-17(15)27-18/h6-10,21H,2-5,11-12H2,1H3,(H,22,23). The van der Waals surface area contributed by atoms with Crippen LogP contribution < -0.4 is 14.8 Å². The number of thiophene rings is 1. The molecule has 0 unspecified atom stereocenters. The summed E-state index contributed by atoms with van der Waals surface area (Å²) in [6.45, 7) is 0.138. The number of ether oxygens (including phenoxy) is 1. The van der Waals surface area contributed by atoms with E-state index in [1.165, 1.54) is 18.7 Å². The molecule has 0 radical (unpaired) electrons. The second-order valence-corrected chi connectivity index (χ2v) is 10.1. The molecule has 0 aliphatic heterocycles. The number of carbonyl (C=O) groups is 1. The predicted molar refractivity (Wildman–Crippen MR) is 111 cm³/mol. The molecule has 154 valence electrons. The molecule has 0 spiro atoms. The summed E-state index contributed by atoms with van der Waals surface area (Å²) in [5.41, 5.74) is 2.12. The number of fused-ring (bicyclic) bond motifs is 3. The van der Waals surface area contributed by atoms with Crippen LogP contribution in [0.2, 0.25) is 0 Å². The summed E-state index contributed by atoms with van der Waals surface area (Å²) in [5, 5.41) is 3.81. The Balaban J connectivity index is 1.34. The highest BCUT2D eigenvalue weighted by Crippen LogP contribution is 2.33. The first kappa shape index (κ1) is 19.9. The molecule has 0 saturated carbocycles. The number of sulfonamides is 1. The summed E-state index contributed by atoms with van der Waals surface area (Å²) in [4.78, 5) is 12.9. The molecule has 1 aromatic carbocycles. The van der Waals surface area contributed by atoms with Crippen molar-refractivity contribution in [2.75, 3.05) is 13.7 Å². The highest BCUT2D eigenvalue weighted by molar-refractivity contribution is 7.91. The van der Waals surface area contributed by atoms with Crippen molar-refractivity contribution >= 4 is 38.2 Å². The number of carbonyl (C=O) groups excluding carboxylic acids is 1. The zero-order valence-electron chi connectivity index (χ0n) is 16.0. The fourth-order valence-electron chi connectivity index (χ4n) is 3.42. The molecule has 0 fully saturated rings. The van der Waals surface area contributed by atoms with E-state index in [1.807, 2.05) is 12.1 Å². The number of aryl methyl sites for hydroxylation is 2. The topological polar surface area (TPSA) is 97.6 Å². The molecule has 1 aliphatic carbocycles. The Bertz CT molecular complexity index is 1150. The number of rotatable bonds is 7. The summed E-state index contributed by atoms with van der Waals surface area (Å²) in [6, 6.07) is 8.83. The number of benzene rings is 1. The van der Waals surface area contributed by atoms with E-state index < -0.39 is 10.0 Å². The maximum absolute atomic E-state index is 12.1. The van der Waals surface area contributed by atoms with Crippen LogP contribution in [-0.4, -0.2) is 28.0 Å². The van der Waals surface area contributed by atoms with Gasteiger partial charge in [0.2, 0.25) is 10.0 Å². The first-order valence-corrected chi connectivity index (χ1v) is 11.7. The van der Waals surface area contributed by atoms with Gasteiger partial charge in [0.05, 0.1) is 6.54 Å². The van der Waals surface area contributed by atoms with Crippen molar-refractivity contribution in [3.05, 3.63) is 46.5 Å². The Morgan fingerprint density at radius 1 is 1.21 bits per heavy atom. The van der Waals surface area contributed by atoms with Gasteiger partial charge >= 0.3 is 0 Å². The molecule has 1 amide bonds. The fraction of sp³-hybridized carbons (Fsp3) is 0.350. The van der Waals surface area contributed by atoms with Crippen molar-refractivity contribution in [2.45, 2.75) is 36.4 Å². The van der Waals surface area contributed by atoms with Gasteiger partial charge in [-0.15, -0.1) is 11.3 Å². The number of nitrogens with one attached hydrogen (secondary N) is 2. The van der Waals surface area contributed by atoms with Crippen LogP contribution in [0.15, 0.2) is 39.0 Å². The zero-order valence-corrected chi connectivity index (χ0v) is 17.6. The van der Waals surface area contributed by atoms with Crippen LogP contribution in [0.3, 0.4) is 0 Å². The maximum atomic E-state index is 12.1. The van der Waals surface area contributed by atoms with E-state index in [0.29, 0.717) is 5.75 Å². The minimum Gasteiger partial charge on any atom is -0.484 e. The maximum Gasteiger partial charge on any atom is 0.258 e. The number of hydrogen-bond acceptors (Lipinski definition) is 6. The summed E-state index contributed by atoms with van der Waals surface area (Å²) in [6.07, 6.45) is 4.30. The van der Waals surface area contributed by atoms with Gasteiger partial charge in [-0.2, -0.15) is 0 Å². The highest BCUT2D eigenvalue weighted by atomic mass is 32.2. The van der Waals surface area contributed by atoms with E-state index >= 15 is 0 Å². The largest absolute Gasteiger partial charge is 0.484 e. The summed E-state index contributed by atoms with van der Waals surface area (Å²) >= 11 is 1.12. The van der Waals surface area contributed by atoms with E-state index in [0.717, 1.165) is 58.6 Å². The zero-order chi connectivity index (χ0) is 20.4. The van der Waals surface area contributed by atoms with Crippen molar-refractivity contribution in [1.29, 1.82) is 0 Å². The number of furan rings is 1. The Morgan fingerprint density at radius 3 is 2.86 bits per heavy atom. The van der Waals surface area contributed by atoms with Crippen LogP contribution >= 0.6 is 11.3 Å². The van der Waals surface area contributed by atoms with Gasteiger partial charge in [-0.25, -0.2) is 13.1 Å².